The van der Waals surface area contributed by atoms with Gasteiger partial charge in [0.2, 0.25) is 11.8 Å². The van der Waals surface area contributed by atoms with Crippen LogP contribution in [0.15, 0.2) is 48.7 Å². The number of carbonyl (C=O) groups is 3. The summed E-state index contributed by atoms with van der Waals surface area (Å²) in [5.41, 5.74) is 0.994. The van der Waals surface area contributed by atoms with Crippen LogP contribution in [0, 0.1) is 0 Å². The Balaban J connectivity index is 1.17. The summed E-state index contributed by atoms with van der Waals surface area (Å²) < 4.78 is 5.57. The second kappa shape index (κ2) is 10.9. The molecule has 2 saturated heterocycles. The average Bonchev–Trinajstić information content (AvgIpc) is 3.23. The van der Waals surface area contributed by atoms with Gasteiger partial charge in [0.15, 0.2) is 0 Å². The number of amides is 3. The molecule has 2 aliphatic heterocycles. The van der Waals surface area contributed by atoms with E-state index in [4.69, 9.17) is 16.3 Å². The Kier molecular flexibility index (Phi) is 7.72. The number of halogens is 1. The van der Waals surface area contributed by atoms with Crippen LogP contribution in [0.3, 0.4) is 0 Å². The van der Waals surface area contributed by atoms with Crippen LogP contribution in [0.1, 0.15) is 24.5 Å². The molecule has 10 heteroatoms. The first kappa shape index (κ1) is 23.4. The maximum Gasteiger partial charge on any atom is 0.410 e. The molecule has 0 saturated carbocycles. The molecule has 0 bridgehead atoms. The van der Waals surface area contributed by atoms with E-state index in [9.17, 15) is 14.4 Å². The first-order valence-electron chi connectivity index (χ1n) is 10.8. The zero-order valence-electron chi connectivity index (χ0n) is 18.0. The van der Waals surface area contributed by atoms with Crippen LogP contribution >= 0.6 is 23.4 Å². The van der Waals surface area contributed by atoms with Crippen LogP contribution in [-0.2, 0) is 14.3 Å². The minimum absolute atomic E-state index is 0.00188. The van der Waals surface area contributed by atoms with Crippen molar-refractivity contribution in [2.45, 2.75) is 25.0 Å². The minimum atomic E-state index is -0.287. The van der Waals surface area contributed by atoms with E-state index in [1.807, 2.05) is 30.3 Å². The van der Waals surface area contributed by atoms with Crippen molar-refractivity contribution in [1.82, 2.24) is 14.8 Å². The van der Waals surface area contributed by atoms with Crippen molar-refractivity contribution in [3.05, 3.63) is 59.2 Å². The highest BCUT2D eigenvalue weighted by molar-refractivity contribution is 8.00. The van der Waals surface area contributed by atoms with Crippen LogP contribution in [-0.4, -0.2) is 69.9 Å². The third-order valence-electron chi connectivity index (χ3n) is 5.72. The molecule has 1 aromatic carbocycles. The number of aromatic nitrogens is 1. The Labute approximate surface area is 201 Å². The first-order valence-corrected chi connectivity index (χ1v) is 12.3. The van der Waals surface area contributed by atoms with Crippen molar-refractivity contribution in [1.29, 1.82) is 0 Å². The van der Waals surface area contributed by atoms with Crippen LogP contribution in [0.4, 0.5) is 10.6 Å². The van der Waals surface area contributed by atoms with Gasteiger partial charge in [0.25, 0.3) is 0 Å². The highest BCUT2D eigenvalue weighted by Crippen LogP contribution is 2.30. The van der Waals surface area contributed by atoms with Gasteiger partial charge in [-0.1, -0.05) is 41.9 Å². The molecule has 8 nitrogen and oxygen atoms in total. The zero-order chi connectivity index (χ0) is 23.2. The number of thioether (sulfide) groups is 1. The van der Waals surface area contributed by atoms with Gasteiger partial charge >= 0.3 is 6.09 Å². The van der Waals surface area contributed by atoms with Gasteiger partial charge in [0, 0.05) is 25.3 Å². The summed E-state index contributed by atoms with van der Waals surface area (Å²) in [6.07, 6.45) is 2.36. The number of rotatable bonds is 7. The Morgan fingerprint density at radius 1 is 1.12 bits per heavy atom. The normalized spacial score (nSPS) is 18.8. The van der Waals surface area contributed by atoms with Crippen LogP contribution in [0.5, 0.6) is 0 Å². The molecule has 33 heavy (non-hydrogen) atoms. The Bertz CT molecular complexity index is 984. The molecule has 1 atom stereocenters. The van der Waals surface area contributed by atoms with E-state index in [0.717, 1.165) is 18.4 Å². The molecule has 2 aliphatic rings. The lowest BCUT2D eigenvalue weighted by molar-refractivity contribution is -0.129. The second-order valence-electron chi connectivity index (χ2n) is 7.95. The highest BCUT2D eigenvalue weighted by Gasteiger charge is 2.38. The summed E-state index contributed by atoms with van der Waals surface area (Å²) in [5, 5.41) is 3.17. The summed E-state index contributed by atoms with van der Waals surface area (Å²) >= 11 is 7.05. The van der Waals surface area contributed by atoms with Crippen molar-refractivity contribution in [3.63, 3.8) is 0 Å². The number of likely N-dealkylation sites (tertiary alicyclic amines) is 1. The van der Waals surface area contributed by atoms with E-state index in [1.165, 1.54) is 18.0 Å². The number of pyridine rings is 1. The highest BCUT2D eigenvalue weighted by atomic mass is 35.5. The standard InChI is InChI=1S/C23H25ClN4O4S/c24-17-6-7-20(25-12-17)26-21(29)14-33-15-22(30)27-10-8-18(9-11-27)28-13-19(32-23(28)31)16-4-2-1-3-5-16/h1-7,12,18-19H,8-11,13-15H2,(H,25,26,29). The van der Waals surface area contributed by atoms with Gasteiger partial charge in [0.1, 0.15) is 11.9 Å². The summed E-state index contributed by atoms with van der Waals surface area (Å²) in [5.74, 6) is 0.596. The fraction of sp³-hybridized carbons (Fsp3) is 0.391. The molecular formula is C23H25ClN4O4S. The smallest absolute Gasteiger partial charge is 0.410 e. The van der Waals surface area contributed by atoms with Crippen LogP contribution in [0.2, 0.25) is 5.02 Å². The van der Waals surface area contributed by atoms with Crippen molar-refractivity contribution < 1.29 is 19.1 Å². The lowest BCUT2D eigenvalue weighted by Crippen LogP contribution is -2.47. The number of cyclic esters (lactones) is 1. The van der Waals surface area contributed by atoms with E-state index in [1.54, 1.807) is 21.9 Å². The van der Waals surface area contributed by atoms with Gasteiger partial charge in [-0.3, -0.25) is 9.59 Å². The summed E-state index contributed by atoms with van der Waals surface area (Å²) in [6.45, 7) is 1.71. The van der Waals surface area contributed by atoms with E-state index < -0.39 is 0 Å². The van der Waals surface area contributed by atoms with Gasteiger partial charge in [-0.2, -0.15) is 0 Å². The number of piperidine rings is 1. The quantitative estimate of drug-likeness (QED) is 0.640. The van der Waals surface area contributed by atoms with Gasteiger partial charge < -0.3 is 19.9 Å². The third kappa shape index (κ3) is 6.17. The summed E-state index contributed by atoms with van der Waals surface area (Å²) in [7, 11) is 0. The fourth-order valence-electron chi connectivity index (χ4n) is 4.00. The third-order valence-corrected chi connectivity index (χ3v) is 6.86. The number of nitrogens with zero attached hydrogens (tertiary/aromatic N) is 3. The number of hydrogen-bond donors (Lipinski definition) is 1. The average molecular weight is 489 g/mol. The molecule has 1 unspecified atom stereocenters. The lowest BCUT2D eigenvalue weighted by Gasteiger charge is -2.35. The number of hydrogen-bond acceptors (Lipinski definition) is 6. The van der Waals surface area contributed by atoms with Gasteiger partial charge in [-0.15, -0.1) is 11.8 Å². The number of ether oxygens (including phenoxy) is 1. The number of nitrogens with one attached hydrogen (secondary N) is 1. The van der Waals surface area contributed by atoms with Gasteiger partial charge in [-0.25, -0.2) is 9.78 Å². The maximum atomic E-state index is 12.5. The van der Waals surface area contributed by atoms with Crippen molar-refractivity contribution in [3.8, 4) is 0 Å². The maximum absolute atomic E-state index is 12.5. The molecule has 0 radical (unpaired) electrons. The minimum Gasteiger partial charge on any atom is -0.439 e. The van der Waals surface area contributed by atoms with E-state index in [-0.39, 0.29) is 41.6 Å². The molecule has 1 aromatic heterocycles. The molecule has 2 fully saturated rings. The Morgan fingerprint density at radius 2 is 1.88 bits per heavy atom. The van der Waals surface area contributed by atoms with E-state index in [0.29, 0.717) is 30.5 Å². The molecule has 2 aromatic rings. The monoisotopic (exact) mass is 488 g/mol. The molecule has 0 aliphatic carbocycles. The van der Waals surface area contributed by atoms with Crippen molar-refractivity contribution in [2.24, 2.45) is 0 Å². The lowest BCUT2D eigenvalue weighted by atomic mass is 10.0. The number of carbonyl (C=O) groups excluding carboxylic acids is 3. The van der Waals surface area contributed by atoms with E-state index >= 15 is 0 Å². The van der Waals surface area contributed by atoms with E-state index in [2.05, 4.69) is 10.3 Å². The van der Waals surface area contributed by atoms with Crippen molar-refractivity contribution >= 4 is 47.1 Å². The number of benzene rings is 1. The molecular weight excluding hydrogens is 464 g/mol. The van der Waals surface area contributed by atoms with Crippen molar-refractivity contribution in [2.75, 3.05) is 36.5 Å². The van der Waals surface area contributed by atoms with Gasteiger partial charge in [-0.05, 0) is 30.5 Å². The topological polar surface area (TPSA) is 91.8 Å². The predicted molar refractivity (Wildman–Crippen MR) is 127 cm³/mol. The van der Waals surface area contributed by atoms with Crippen LogP contribution < -0.4 is 5.32 Å². The fourth-order valence-corrected chi connectivity index (χ4v) is 4.83. The molecule has 3 heterocycles. The molecule has 4 rings (SSSR count). The summed E-state index contributed by atoms with van der Waals surface area (Å²) in [4.78, 5) is 44.6. The Hall–Kier alpha value is -2.78. The molecule has 0 spiro atoms. The van der Waals surface area contributed by atoms with Crippen LogP contribution in [0.25, 0.3) is 0 Å². The number of anilines is 1. The largest absolute Gasteiger partial charge is 0.439 e. The summed E-state index contributed by atoms with van der Waals surface area (Å²) in [6, 6.07) is 13.1. The Morgan fingerprint density at radius 3 is 2.58 bits per heavy atom. The van der Waals surface area contributed by atoms with Gasteiger partial charge in [0.05, 0.1) is 23.1 Å². The predicted octanol–water partition coefficient (Wildman–Crippen LogP) is 3.59. The molecule has 174 valence electrons. The SMILES string of the molecule is O=C(CSCC(=O)N1CCC(N2CC(c3ccccc3)OC2=O)CC1)Nc1ccc(Cl)cn1. The second-order valence-corrected chi connectivity index (χ2v) is 9.37. The first-order chi connectivity index (χ1) is 16.0. The molecule has 1 N–H and O–H groups in total. The zero-order valence-corrected chi connectivity index (χ0v) is 19.6. The molecule has 3 amide bonds.